The van der Waals surface area contributed by atoms with Gasteiger partial charge >= 0.3 is 0 Å². The van der Waals surface area contributed by atoms with Crippen LogP contribution in [0.3, 0.4) is 0 Å². The Balaban J connectivity index is 1.04. The quantitative estimate of drug-likeness (QED) is 0.129. The summed E-state index contributed by atoms with van der Waals surface area (Å²) >= 11 is 0. The Morgan fingerprint density at radius 2 is 0.973 bits per heavy atom. The van der Waals surface area contributed by atoms with E-state index in [0.29, 0.717) is 6.67 Å². The molecular formula is C70H68N4O. The number of anilines is 2. The second-order valence-corrected chi connectivity index (χ2v) is 23.5. The standard InChI is InChI=1S/C70H68N4O/c1-67(2,3)53-31-34-63-62(42-53)61-33-32-59(45-64(61)74(63)66-43-54(35-36-71-66)68(4,5)6)75-60-38-50(48-23-15-11-16-24-48)37-57(44-60)72-46-65(49-25-17-12-18-26-49)73(47-72)58-40-55(69(7,8)51-27-19-13-20-28-51)39-56(41-58)70(9,10)52-29-21-14-22-30-52/h11-46H,47H2,1-10H3. The highest BCUT2D eigenvalue weighted by molar-refractivity contribution is 6.10. The number of pyridine rings is 1. The van der Waals surface area contributed by atoms with Crippen molar-refractivity contribution in [2.24, 2.45) is 0 Å². The second kappa shape index (κ2) is 19.0. The molecule has 0 saturated heterocycles. The maximum absolute atomic E-state index is 7.11. The molecule has 0 N–H and O–H groups in total. The summed E-state index contributed by atoms with van der Waals surface area (Å²) in [7, 11) is 0. The molecule has 11 rings (SSSR count). The average molecular weight is 981 g/mol. The van der Waals surface area contributed by atoms with Gasteiger partial charge in [0.15, 0.2) is 0 Å². The Morgan fingerprint density at radius 3 is 1.57 bits per heavy atom. The van der Waals surface area contributed by atoms with Crippen LogP contribution in [0.4, 0.5) is 11.4 Å². The molecule has 1 aliphatic rings. The summed E-state index contributed by atoms with van der Waals surface area (Å²) in [5, 5.41) is 2.36. The van der Waals surface area contributed by atoms with Crippen LogP contribution in [0.15, 0.2) is 219 Å². The van der Waals surface area contributed by atoms with Crippen molar-refractivity contribution < 1.29 is 4.74 Å². The molecule has 75 heavy (non-hydrogen) atoms. The SMILES string of the molecule is CC(C)(C)c1ccnc(-n2c3ccc(C(C)(C)C)cc3c3ccc(Oc4cc(-c5ccccc5)cc(N5C=C(c6ccccc6)N(c6cc(C(C)(C)c7ccccc7)cc(C(C)(C)c7ccccc7)c6)C5)c4)cc32)c1. The third-order valence-corrected chi connectivity index (χ3v) is 15.6. The van der Waals surface area contributed by atoms with E-state index >= 15 is 0 Å². The lowest BCUT2D eigenvalue weighted by Crippen LogP contribution is -2.28. The van der Waals surface area contributed by atoms with E-state index in [4.69, 9.17) is 9.72 Å². The first-order valence-corrected chi connectivity index (χ1v) is 26.4. The fraction of sp³-hybridized carbons (Fsp3) is 0.214. The molecular weight excluding hydrogens is 913 g/mol. The molecule has 0 saturated carbocycles. The van der Waals surface area contributed by atoms with Crippen molar-refractivity contribution in [3.8, 4) is 28.4 Å². The number of ether oxygens (including phenoxy) is 1. The Bertz CT molecular complexity index is 3660. The Kier molecular flexibility index (Phi) is 12.4. The number of rotatable bonds is 11. The normalized spacial score (nSPS) is 13.4. The molecule has 374 valence electrons. The average Bonchev–Trinajstić information content (AvgIpc) is 4.03. The van der Waals surface area contributed by atoms with Gasteiger partial charge < -0.3 is 14.5 Å². The minimum atomic E-state index is -0.273. The van der Waals surface area contributed by atoms with E-state index in [1.165, 1.54) is 38.8 Å². The largest absolute Gasteiger partial charge is 0.457 e. The van der Waals surface area contributed by atoms with Crippen molar-refractivity contribution in [2.45, 2.75) is 90.9 Å². The maximum atomic E-state index is 7.11. The molecule has 0 amide bonds. The fourth-order valence-corrected chi connectivity index (χ4v) is 10.8. The molecule has 0 spiro atoms. The van der Waals surface area contributed by atoms with Gasteiger partial charge in [-0.2, -0.15) is 0 Å². The van der Waals surface area contributed by atoms with Gasteiger partial charge in [0.2, 0.25) is 0 Å². The molecule has 10 aromatic rings. The first-order valence-electron chi connectivity index (χ1n) is 26.4. The summed E-state index contributed by atoms with van der Waals surface area (Å²) in [6.07, 6.45) is 4.26. The van der Waals surface area contributed by atoms with Gasteiger partial charge in [0.05, 0.1) is 23.4 Å². The molecule has 5 heteroatoms. The molecule has 0 aliphatic carbocycles. The lowest BCUT2D eigenvalue weighted by molar-refractivity contribution is 0.483. The minimum absolute atomic E-state index is 0.00743. The Labute approximate surface area is 444 Å². The van der Waals surface area contributed by atoms with Gasteiger partial charge in [0, 0.05) is 57.5 Å². The number of hydrogen-bond donors (Lipinski definition) is 0. The third-order valence-electron chi connectivity index (χ3n) is 15.6. The number of benzene rings is 8. The minimum Gasteiger partial charge on any atom is -0.457 e. The van der Waals surface area contributed by atoms with Crippen LogP contribution in [0.1, 0.15) is 108 Å². The van der Waals surface area contributed by atoms with Crippen molar-refractivity contribution in [3.05, 3.63) is 258 Å². The highest BCUT2D eigenvalue weighted by Gasteiger charge is 2.33. The zero-order valence-corrected chi connectivity index (χ0v) is 45.2. The zero-order chi connectivity index (χ0) is 52.3. The van der Waals surface area contributed by atoms with E-state index in [-0.39, 0.29) is 21.7 Å². The van der Waals surface area contributed by atoms with Crippen LogP contribution in [-0.2, 0) is 21.7 Å². The Hall–Kier alpha value is -8.15. The monoisotopic (exact) mass is 981 g/mol. The molecule has 0 unspecified atom stereocenters. The molecule has 1 aliphatic heterocycles. The summed E-state index contributed by atoms with van der Waals surface area (Å²) in [6, 6.07) is 75.0. The highest BCUT2D eigenvalue weighted by atomic mass is 16.5. The number of nitrogens with zero attached hydrogens (tertiary/aromatic N) is 4. The van der Waals surface area contributed by atoms with Gasteiger partial charge in [-0.3, -0.25) is 4.57 Å². The van der Waals surface area contributed by atoms with Crippen LogP contribution in [0.5, 0.6) is 11.5 Å². The first kappa shape index (κ1) is 49.1. The highest BCUT2D eigenvalue weighted by Crippen LogP contribution is 2.45. The molecule has 8 aromatic carbocycles. The van der Waals surface area contributed by atoms with Crippen LogP contribution in [-0.4, -0.2) is 16.2 Å². The molecule has 3 heterocycles. The van der Waals surface area contributed by atoms with Gasteiger partial charge in [-0.05, 0) is 122 Å². The third kappa shape index (κ3) is 9.53. The fourth-order valence-electron chi connectivity index (χ4n) is 10.8. The first-order chi connectivity index (χ1) is 35.9. The van der Waals surface area contributed by atoms with E-state index < -0.39 is 0 Å². The van der Waals surface area contributed by atoms with Crippen molar-refractivity contribution in [1.29, 1.82) is 0 Å². The molecule has 0 fully saturated rings. The Morgan fingerprint density at radius 1 is 0.400 bits per heavy atom. The van der Waals surface area contributed by atoms with Crippen molar-refractivity contribution in [1.82, 2.24) is 9.55 Å². The number of hydrogen-bond acceptors (Lipinski definition) is 4. The second-order valence-electron chi connectivity index (χ2n) is 23.5. The van der Waals surface area contributed by atoms with Crippen LogP contribution >= 0.6 is 0 Å². The lowest BCUT2D eigenvalue weighted by Gasteiger charge is -2.34. The van der Waals surface area contributed by atoms with Gasteiger partial charge in [-0.15, -0.1) is 0 Å². The van der Waals surface area contributed by atoms with Crippen molar-refractivity contribution in [3.63, 3.8) is 0 Å². The van der Waals surface area contributed by atoms with Crippen molar-refractivity contribution in [2.75, 3.05) is 16.5 Å². The number of fused-ring (bicyclic) bond motifs is 3. The summed E-state index contributed by atoms with van der Waals surface area (Å²) in [4.78, 5) is 9.87. The molecule has 0 radical (unpaired) electrons. The smallest absolute Gasteiger partial charge is 0.137 e. The molecule has 0 bridgehead atoms. The maximum Gasteiger partial charge on any atom is 0.137 e. The van der Waals surface area contributed by atoms with E-state index in [0.717, 1.165) is 67.5 Å². The zero-order valence-electron chi connectivity index (χ0n) is 45.2. The van der Waals surface area contributed by atoms with Gasteiger partial charge in [-0.1, -0.05) is 203 Å². The topological polar surface area (TPSA) is 33.5 Å². The van der Waals surface area contributed by atoms with Gasteiger partial charge in [-0.25, -0.2) is 4.98 Å². The van der Waals surface area contributed by atoms with Crippen molar-refractivity contribution >= 4 is 38.9 Å². The predicted molar refractivity (Wildman–Crippen MR) is 316 cm³/mol. The van der Waals surface area contributed by atoms with Crippen LogP contribution in [0.25, 0.3) is 44.4 Å². The van der Waals surface area contributed by atoms with Gasteiger partial charge in [0.1, 0.15) is 17.3 Å². The summed E-state index contributed by atoms with van der Waals surface area (Å²) in [6.45, 7) is 23.6. The molecule has 5 nitrogen and oxygen atoms in total. The molecule has 2 aromatic heterocycles. The predicted octanol–water partition coefficient (Wildman–Crippen LogP) is 18.2. The molecule has 0 atom stereocenters. The lowest BCUT2D eigenvalue weighted by atomic mass is 9.73. The van der Waals surface area contributed by atoms with E-state index in [2.05, 4.69) is 296 Å². The van der Waals surface area contributed by atoms with E-state index in [1.54, 1.807) is 0 Å². The summed E-state index contributed by atoms with van der Waals surface area (Å²) in [5.74, 6) is 2.39. The van der Waals surface area contributed by atoms with Crippen LogP contribution in [0, 0.1) is 0 Å². The van der Waals surface area contributed by atoms with Crippen LogP contribution in [0.2, 0.25) is 0 Å². The van der Waals surface area contributed by atoms with E-state index in [1.807, 2.05) is 6.20 Å². The number of aromatic nitrogens is 2. The van der Waals surface area contributed by atoms with Gasteiger partial charge in [0.25, 0.3) is 0 Å². The summed E-state index contributed by atoms with van der Waals surface area (Å²) < 4.78 is 9.42. The van der Waals surface area contributed by atoms with Crippen LogP contribution < -0.4 is 14.5 Å². The van der Waals surface area contributed by atoms with E-state index in [9.17, 15) is 0 Å². The summed E-state index contributed by atoms with van der Waals surface area (Å²) in [5.41, 5.74) is 15.8.